The van der Waals surface area contributed by atoms with Crippen molar-refractivity contribution in [2.24, 2.45) is 5.92 Å². The van der Waals surface area contributed by atoms with Crippen LogP contribution in [0.15, 0.2) is 42.5 Å². The normalized spacial score (nSPS) is 13.9. The molecule has 1 heterocycles. The summed E-state index contributed by atoms with van der Waals surface area (Å²) in [6.45, 7) is 9.61. The summed E-state index contributed by atoms with van der Waals surface area (Å²) in [6, 6.07) is 14.3. The first-order valence-electron chi connectivity index (χ1n) is 11.5. The minimum Gasteiger partial charge on any atom is -0.494 e. The lowest BCUT2D eigenvalue weighted by Crippen LogP contribution is -2.47. The minimum absolute atomic E-state index is 0.121. The number of imidazole rings is 1. The van der Waals surface area contributed by atoms with Gasteiger partial charge in [0.05, 0.1) is 17.6 Å². The van der Waals surface area contributed by atoms with Crippen molar-refractivity contribution < 1.29 is 9.53 Å². The largest absolute Gasteiger partial charge is 0.494 e. The van der Waals surface area contributed by atoms with Crippen LogP contribution in [-0.2, 0) is 13.0 Å². The highest BCUT2D eigenvalue weighted by Crippen LogP contribution is 2.33. The first-order valence-corrected chi connectivity index (χ1v) is 11.5. The fourth-order valence-corrected chi connectivity index (χ4v) is 3.85. The Hall–Kier alpha value is -3.02. The van der Waals surface area contributed by atoms with E-state index in [-0.39, 0.29) is 11.6 Å². The van der Waals surface area contributed by atoms with Gasteiger partial charge in [-0.25, -0.2) is 9.78 Å². The summed E-state index contributed by atoms with van der Waals surface area (Å²) in [7, 11) is 1.80. The molecule has 3 aromatic rings. The van der Waals surface area contributed by atoms with E-state index in [0.717, 1.165) is 47.2 Å². The molecule has 6 nitrogen and oxygen atoms in total. The van der Waals surface area contributed by atoms with Gasteiger partial charge in [-0.3, -0.25) is 4.90 Å². The minimum atomic E-state index is -0.286. The Morgan fingerprint density at radius 2 is 1.91 bits per heavy atom. The SMILES string of the molecule is CCOc1ccc(Cc2nc3cc(N(C)C(=O)NC(C)(C)C)ccc3n2CC2CC2)cc1. The fraction of sp³-hybridized carbons (Fsp3) is 0.462. The monoisotopic (exact) mass is 434 g/mol. The molecular formula is C26H34N4O2. The summed E-state index contributed by atoms with van der Waals surface area (Å²) in [6.07, 6.45) is 3.34. The zero-order valence-electron chi connectivity index (χ0n) is 19.8. The van der Waals surface area contributed by atoms with Crippen molar-refractivity contribution in [3.05, 3.63) is 53.9 Å². The van der Waals surface area contributed by atoms with Crippen LogP contribution in [0.25, 0.3) is 11.0 Å². The van der Waals surface area contributed by atoms with Crippen LogP contribution in [0.2, 0.25) is 0 Å². The highest BCUT2D eigenvalue weighted by atomic mass is 16.5. The third kappa shape index (κ3) is 5.23. The van der Waals surface area contributed by atoms with E-state index in [2.05, 4.69) is 28.1 Å². The van der Waals surface area contributed by atoms with Crippen molar-refractivity contribution in [3.8, 4) is 5.75 Å². The summed E-state index contributed by atoms with van der Waals surface area (Å²) >= 11 is 0. The van der Waals surface area contributed by atoms with Crippen LogP contribution in [-0.4, -0.2) is 34.8 Å². The van der Waals surface area contributed by atoms with E-state index in [0.29, 0.717) is 6.61 Å². The highest BCUT2D eigenvalue weighted by molar-refractivity contribution is 5.94. The Bertz CT molecular complexity index is 1090. The average molecular weight is 435 g/mol. The number of carbonyl (C=O) groups is 1. The van der Waals surface area contributed by atoms with E-state index in [4.69, 9.17) is 9.72 Å². The molecule has 1 aliphatic carbocycles. The van der Waals surface area contributed by atoms with Gasteiger partial charge in [-0.05, 0) is 82.3 Å². The van der Waals surface area contributed by atoms with E-state index >= 15 is 0 Å². The first-order chi connectivity index (χ1) is 15.2. The van der Waals surface area contributed by atoms with Crippen LogP contribution in [0, 0.1) is 5.92 Å². The number of amides is 2. The summed E-state index contributed by atoms with van der Waals surface area (Å²) in [5.41, 5.74) is 3.82. The van der Waals surface area contributed by atoms with Crippen molar-refractivity contribution in [1.82, 2.24) is 14.9 Å². The Morgan fingerprint density at radius 3 is 2.53 bits per heavy atom. The molecule has 6 heteroatoms. The standard InChI is InChI=1S/C26H34N4O2/c1-6-32-21-12-9-18(10-13-21)15-24-27-22-16-20(29(5)25(31)28-26(2,3)4)11-14-23(22)30(24)17-19-7-8-19/h9-14,16,19H,6-8,15,17H2,1-5H3,(H,28,31). The molecule has 1 aliphatic rings. The Morgan fingerprint density at radius 1 is 1.19 bits per heavy atom. The third-order valence-electron chi connectivity index (χ3n) is 5.72. The molecule has 0 radical (unpaired) electrons. The number of benzene rings is 2. The van der Waals surface area contributed by atoms with Crippen LogP contribution in [0.5, 0.6) is 5.75 Å². The molecule has 0 spiro atoms. The molecule has 2 amide bonds. The summed E-state index contributed by atoms with van der Waals surface area (Å²) in [4.78, 5) is 19.3. The van der Waals surface area contributed by atoms with Crippen molar-refractivity contribution in [2.75, 3.05) is 18.6 Å². The lowest BCUT2D eigenvalue weighted by molar-refractivity contribution is 0.239. The molecule has 0 aliphatic heterocycles. The number of nitrogens with one attached hydrogen (secondary N) is 1. The van der Waals surface area contributed by atoms with Gasteiger partial charge in [0.25, 0.3) is 0 Å². The van der Waals surface area contributed by atoms with Gasteiger partial charge in [0.2, 0.25) is 0 Å². The van der Waals surface area contributed by atoms with Crippen molar-refractivity contribution in [2.45, 2.75) is 59.0 Å². The number of urea groups is 1. The van der Waals surface area contributed by atoms with Gasteiger partial charge in [0, 0.05) is 31.2 Å². The second kappa shape index (κ2) is 8.85. The maximum Gasteiger partial charge on any atom is 0.322 e. The summed E-state index contributed by atoms with van der Waals surface area (Å²) in [5, 5.41) is 3.01. The van der Waals surface area contributed by atoms with Crippen molar-refractivity contribution in [3.63, 3.8) is 0 Å². The summed E-state index contributed by atoms with van der Waals surface area (Å²) < 4.78 is 7.93. The Labute approximate surface area is 190 Å². The van der Waals surface area contributed by atoms with E-state index < -0.39 is 0 Å². The molecule has 4 rings (SSSR count). The smallest absolute Gasteiger partial charge is 0.322 e. The quantitative estimate of drug-likeness (QED) is 0.543. The molecule has 0 atom stereocenters. The van der Waals surface area contributed by atoms with Gasteiger partial charge in [0.1, 0.15) is 11.6 Å². The molecule has 1 saturated carbocycles. The number of nitrogens with zero attached hydrogens (tertiary/aromatic N) is 3. The van der Waals surface area contributed by atoms with Crippen molar-refractivity contribution >= 4 is 22.8 Å². The van der Waals surface area contributed by atoms with Crippen LogP contribution in [0.3, 0.4) is 0 Å². The number of ether oxygens (including phenoxy) is 1. The van der Waals surface area contributed by atoms with E-state index in [1.807, 2.05) is 52.0 Å². The molecule has 0 unspecified atom stereocenters. The fourth-order valence-electron chi connectivity index (χ4n) is 3.85. The molecule has 170 valence electrons. The van der Waals surface area contributed by atoms with Gasteiger partial charge in [-0.2, -0.15) is 0 Å². The van der Waals surface area contributed by atoms with E-state index in [1.165, 1.54) is 18.4 Å². The number of hydrogen-bond acceptors (Lipinski definition) is 3. The van der Waals surface area contributed by atoms with Gasteiger partial charge in [-0.15, -0.1) is 0 Å². The molecule has 1 fully saturated rings. The predicted molar refractivity (Wildman–Crippen MR) is 130 cm³/mol. The molecular weight excluding hydrogens is 400 g/mol. The number of carbonyl (C=O) groups excluding carboxylic acids is 1. The van der Waals surface area contributed by atoms with Gasteiger partial charge >= 0.3 is 6.03 Å². The average Bonchev–Trinajstić information content (AvgIpc) is 3.49. The van der Waals surface area contributed by atoms with Gasteiger partial charge in [-0.1, -0.05) is 12.1 Å². The second-order valence-corrected chi connectivity index (χ2v) is 9.75. The number of rotatable bonds is 7. The highest BCUT2D eigenvalue weighted by Gasteiger charge is 2.25. The van der Waals surface area contributed by atoms with Crippen LogP contribution < -0.4 is 15.0 Å². The number of hydrogen-bond donors (Lipinski definition) is 1. The zero-order valence-corrected chi connectivity index (χ0v) is 19.8. The Kier molecular flexibility index (Phi) is 6.13. The molecule has 1 aromatic heterocycles. The third-order valence-corrected chi connectivity index (χ3v) is 5.72. The van der Waals surface area contributed by atoms with Crippen LogP contribution >= 0.6 is 0 Å². The van der Waals surface area contributed by atoms with E-state index in [9.17, 15) is 4.79 Å². The maximum atomic E-state index is 12.6. The number of fused-ring (bicyclic) bond motifs is 1. The maximum absolute atomic E-state index is 12.6. The van der Waals surface area contributed by atoms with Crippen molar-refractivity contribution in [1.29, 1.82) is 0 Å². The molecule has 0 saturated heterocycles. The molecule has 1 N–H and O–H groups in total. The first kappa shape index (κ1) is 22.2. The van der Waals surface area contributed by atoms with E-state index in [1.54, 1.807) is 11.9 Å². The zero-order chi connectivity index (χ0) is 22.9. The molecule has 2 aromatic carbocycles. The summed E-state index contributed by atoms with van der Waals surface area (Å²) in [5.74, 6) is 2.70. The van der Waals surface area contributed by atoms with Gasteiger partial charge < -0.3 is 14.6 Å². The number of anilines is 1. The van der Waals surface area contributed by atoms with Crippen LogP contribution in [0.4, 0.5) is 10.5 Å². The molecule has 32 heavy (non-hydrogen) atoms. The Balaban J connectivity index is 1.62. The van der Waals surface area contributed by atoms with Gasteiger partial charge in [0.15, 0.2) is 0 Å². The molecule has 0 bridgehead atoms. The topological polar surface area (TPSA) is 59.4 Å². The number of aromatic nitrogens is 2. The lowest BCUT2D eigenvalue weighted by Gasteiger charge is -2.25. The second-order valence-electron chi connectivity index (χ2n) is 9.75. The van der Waals surface area contributed by atoms with Crippen LogP contribution in [0.1, 0.15) is 51.9 Å². The predicted octanol–water partition coefficient (Wildman–Crippen LogP) is 5.38. The lowest BCUT2D eigenvalue weighted by atomic mass is 10.1.